The second-order valence-corrected chi connectivity index (χ2v) is 4.92. The molecule has 2 aromatic rings. The fourth-order valence-corrected chi connectivity index (χ4v) is 1.97. The van der Waals surface area contributed by atoms with Crippen LogP contribution in [0.5, 0.6) is 5.75 Å². The van der Waals surface area contributed by atoms with Gasteiger partial charge in [-0.1, -0.05) is 42.5 Å². The monoisotopic (exact) mass is 313 g/mol. The average molecular weight is 313 g/mol. The van der Waals surface area contributed by atoms with Gasteiger partial charge in [0.1, 0.15) is 12.4 Å². The highest BCUT2D eigenvalue weighted by Crippen LogP contribution is 2.11. The first kappa shape index (κ1) is 16.5. The number of nitrogens with one attached hydrogen (secondary N) is 1. The van der Waals surface area contributed by atoms with Crippen LogP contribution in [0.15, 0.2) is 54.6 Å². The van der Waals surface area contributed by atoms with Gasteiger partial charge in [0.25, 0.3) is 0 Å². The van der Waals surface area contributed by atoms with Gasteiger partial charge in [-0.2, -0.15) is 0 Å². The van der Waals surface area contributed by atoms with E-state index in [1.54, 1.807) is 7.11 Å². The molecule has 0 unspecified atom stereocenters. The van der Waals surface area contributed by atoms with Gasteiger partial charge >= 0.3 is 11.9 Å². The van der Waals surface area contributed by atoms with Crippen molar-refractivity contribution in [1.82, 2.24) is 5.32 Å². The molecule has 0 atom stereocenters. The van der Waals surface area contributed by atoms with Crippen molar-refractivity contribution < 1.29 is 19.1 Å². The number of hydrogen-bond acceptors (Lipinski definition) is 4. The van der Waals surface area contributed by atoms with Crippen LogP contribution in [0.1, 0.15) is 11.1 Å². The van der Waals surface area contributed by atoms with E-state index in [1.807, 2.05) is 54.6 Å². The Bertz CT molecular complexity index is 638. The van der Waals surface area contributed by atoms with Crippen molar-refractivity contribution in [3.8, 4) is 5.75 Å². The van der Waals surface area contributed by atoms with Crippen LogP contribution >= 0.6 is 0 Å². The zero-order valence-electron chi connectivity index (χ0n) is 13.0. The van der Waals surface area contributed by atoms with Crippen molar-refractivity contribution >= 4 is 11.9 Å². The zero-order chi connectivity index (χ0) is 16.5. The fourth-order valence-electron chi connectivity index (χ4n) is 1.97. The molecule has 0 aromatic heterocycles. The summed E-state index contributed by atoms with van der Waals surface area (Å²) in [6, 6.07) is 16.8. The highest BCUT2D eigenvalue weighted by atomic mass is 16.5. The molecule has 0 aliphatic heterocycles. The van der Waals surface area contributed by atoms with E-state index in [2.05, 4.69) is 5.32 Å². The van der Waals surface area contributed by atoms with Gasteiger partial charge in [-0.25, -0.2) is 4.79 Å². The Morgan fingerprint density at radius 1 is 0.957 bits per heavy atom. The number of benzene rings is 2. The topological polar surface area (TPSA) is 64.6 Å². The van der Waals surface area contributed by atoms with Gasteiger partial charge in [0.15, 0.2) is 0 Å². The second-order valence-electron chi connectivity index (χ2n) is 4.92. The number of rotatable bonds is 6. The van der Waals surface area contributed by atoms with Crippen molar-refractivity contribution in [2.45, 2.75) is 13.0 Å². The molecule has 0 heterocycles. The largest absolute Gasteiger partial charge is 0.497 e. The lowest BCUT2D eigenvalue weighted by atomic mass is 10.1. The van der Waals surface area contributed by atoms with Crippen molar-refractivity contribution in [3.05, 3.63) is 65.7 Å². The molecule has 5 heteroatoms. The summed E-state index contributed by atoms with van der Waals surface area (Å²) >= 11 is 0. The zero-order valence-corrected chi connectivity index (χ0v) is 13.0. The Hall–Kier alpha value is -2.82. The molecule has 0 saturated carbocycles. The van der Waals surface area contributed by atoms with Crippen LogP contribution < -0.4 is 10.1 Å². The number of hydrogen-bond donors (Lipinski definition) is 1. The quantitative estimate of drug-likeness (QED) is 0.655. The Balaban J connectivity index is 1.70. The van der Waals surface area contributed by atoms with Crippen molar-refractivity contribution in [3.63, 3.8) is 0 Å². The molecule has 2 rings (SSSR count). The lowest BCUT2D eigenvalue weighted by molar-refractivity contribution is -0.155. The first-order valence-corrected chi connectivity index (χ1v) is 7.31. The summed E-state index contributed by atoms with van der Waals surface area (Å²) < 4.78 is 10.0. The molecule has 0 saturated heterocycles. The summed E-state index contributed by atoms with van der Waals surface area (Å²) in [5, 5.41) is 2.55. The highest BCUT2D eigenvalue weighted by Gasteiger charge is 2.14. The predicted octanol–water partition coefficient (Wildman–Crippen LogP) is 2.10. The number of carbonyl (C=O) groups excluding carboxylic acids is 2. The summed E-state index contributed by atoms with van der Waals surface area (Å²) in [7, 11) is 1.61. The van der Waals surface area contributed by atoms with E-state index in [4.69, 9.17) is 9.47 Å². The van der Waals surface area contributed by atoms with Gasteiger partial charge < -0.3 is 14.8 Å². The minimum atomic E-state index is -0.872. The molecule has 5 nitrogen and oxygen atoms in total. The van der Waals surface area contributed by atoms with Gasteiger partial charge in [0, 0.05) is 6.54 Å². The molecule has 0 aliphatic carbocycles. The third-order valence-corrected chi connectivity index (χ3v) is 3.26. The molecule has 0 aliphatic rings. The van der Waals surface area contributed by atoms with Crippen molar-refractivity contribution in [2.24, 2.45) is 0 Å². The maximum atomic E-state index is 11.6. The van der Waals surface area contributed by atoms with E-state index in [1.165, 1.54) is 0 Å². The summed E-state index contributed by atoms with van der Waals surface area (Å²) in [6.07, 6.45) is 0.627. The fraction of sp³-hybridized carbons (Fsp3) is 0.222. The first-order chi connectivity index (χ1) is 11.2. The molecular weight excluding hydrogens is 294 g/mol. The Kier molecular flexibility index (Phi) is 6.17. The van der Waals surface area contributed by atoms with Gasteiger partial charge in [-0.3, -0.25) is 4.79 Å². The van der Waals surface area contributed by atoms with E-state index in [0.29, 0.717) is 13.0 Å². The smallest absolute Gasteiger partial charge is 0.397 e. The lowest BCUT2D eigenvalue weighted by Crippen LogP contribution is -2.33. The average Bonchev–Trinajstić information content (AvgIpc) is 2.61. The molecule has 0 bridgehead atoms. The maximum Gasteiger partial charge on any atom is 0.397 e. The molecular formula is C18H19NO4. The third kappa shape index (κ3) is 5.47. The molecule has 1 N–H and O–H groups in total. The highest BCUT2D eigenvalue weighted by molar-refractivity contribution is 6.32. The summed E-state index contributed by atoms with van der Waals surface area (Å²) in [4.78, 5) is 23.2. The summed E-state index contributed by atoms with van der Waals surface area (Å²) in [5.41, 5.74) is 1.88. The Morgan fingerprint density at radius 2 is 1.65 bits per heavy atom. The Morgan fingerprint density at radius 3 is 2.30 bits per heavy atom. The standard InChI is InChI=1S/C18H19NO4/c1-22-16-9-7-14(8-10-16)11-12-19-17(20)18(21)23-13-15-5-3-2-4-6-15/h2-10H,11-13H2,1H3,(H,19,20). The van der Waals surface area contributed by atoms with Gasteiger partial charge in [-0.05, 0) is 29.7 Å². The number of amides is 1. The van der Waals surface area contributed by atoms with Crippen LogP contribution in [0, 0.1) is 0 Å². The number of esters is 1. The number of ether oxygens (including phenoxy) is 2. The molecule has 0 spiro atoms. The minimum Gasteiger partial charge on any atom is -0.497 e. The van der Waals surface area contributed by atoms with E-state index in [-0.39, 0.29) is 6.61 Å². The van der Waals surface area contributed by atoms with E-state index >= 15 is 0 Å². The van der Waals surface area contributed by atoms with E-state index < -0.39 is 11.9 Å². The van der Waals surface area contributed by atoms with E-state index in [0.717, 1.165) is 16.9 Å². The van der Waals surface area contributed by atoms with Crippen molar-refractivity contribution in [2.75, 3.05) is 13.7 Å². The van der Waals surface area contributed by atoms with Crippen LogP contribution in [0.2, 0.25) is 0 Å². The van der Waals surface area contributed by atoms with Gasteiger partial charge in [-0.15, -0.1) is 0 Å². The molecule has 1 amide bonds. The van der Waals surface area contributed by atoms with Crippen LogP contribution in [0.3, 0.4) is 0 Å². The maximum absolute atomic E-state index is 11.6. The SMILES string of the molecule is COc1ccc(CCNC(=O)C(=O)OCc2ccccc2)cc1. The predicted molar refractivity (Wildman–Crippen MR) is 85.9 cm³/mol. The second kappa shape index (κ2) is 8.58. The number of methoxy groups -OCH3 is 1. The van der Waals surface area contributed by atoms with Crippen LogP contribution in [0.25, 0.3) is 0 Å². The van der Waals surface area contributed by atoms with Gasteiger partial charge in [0.2, 0.25) is 0 Å². The molecule has 0 radical (unpaired) electrons. The number of carbonyl (C=O) groups is 2. The van der Waals surface area contributed by atoms with E-state index in [9.17, 15) is 9.59 Å². The lowest BCUT2D eigenvalue weighted by Gasteiger charge is -2.07. The third-order valence-electron chi connectivity index (χ3n) is 3.26. The van der Waals surface area contributed by atoms with Crippen LogP contribution in [0.4, 0.5) is 0 Å². The first-order valence-electron chi connectivity index (χ1n) is 7.31. The molecule has 120 valence electrons. The molecule has 2 aromatic carbocycles. The van der Waals surface area contributed by atoms with Crippen LogP contribution in [-0.2, 0) is 27.4 Å². The normalized spacial score (nSPS) is 9.96. The Labute approximate surface area is 135 Å². The summed E-state index contributed by atoms with van der Waals surface area (Å²) in [5.74, 6) is -0.819. The van der Waals surface area contributed by atoms with Crippen LogP contribution in [-0.4, -0.2) is 25.5 Å². The molecule has 0 fully saturated rings. The minimum absolute atomic E-state index is 0.0889. The van der Waals surface area contributed by atoms with Gasteiger partial charge in [0.05, 0.1) is 7.11 Å². The van der Waals surface area contributed by atoms with Crippen molar-refractivity contribution in [1.29, 1.82) is 0 Å². The molecule has 23 heavy (non-hydrogen) atoms. The summed E-state index contributed by atoms with van der Waals surface area (Å²) in [6.45, 7) is 0.456.